The molecule has 0 fully saturated rings. The molecule has 0 N–H and O–H groups in total. The highest BCUT2D eigenvalue weighted by molar-refractivity contribution is 6.49. The van der Waals surface area contributed by atoms with Crippen molar-refractivity contribution in [3.63, 3.8) is 0 Å². The normalized spacial score (nSPS) is 21.0. The van der Waals surface area contributed by atoms with E-state index in [1.54, 1.807) is 0 Å². The monoisotopic (exact) mass is 104 g/mol. The molecule has 2 heteroatoms. The van der Waals surface area contributed by atoms with E-state index in [-0.39, 0.29) is 0 Å². The molecule has 0 aromatic carbocycles. The molecule has 1 aliphatic heterocycles. The minimum Gasteiger partial charge on any atom is -0.339 e. The quantitative estimate of drug-likeness (QED) is 0.317. The van der Waals surface area contributed by atoms with Crippen molar-refractivity contribution in [1.82, 2.24) is 0 Å². The maximum atomic E-state index is 2.27. The fourth-order valence-corrected chi connectivity index (χ4v) is 0.856. The summed E-state index contributed by atoms with van der Waals surface area (Å²) in [6, 6.07) is 0. The Hall–Kier alpha value is -0.130. The molecular weight excluding hydrogens is 93.7 g/mol. The average molecular weight is 104 g/mol. The summed E-state index contributed by atoms with van der Waals surface area (Å²) in [6.45, 7) is 2.27. The van der Waals surface area contributed by atoms with E-state index in [1.165, 1.54) is 25.5 Å². The van der Waals surface area contributed by atoms with Crippen molar-refractivity contribution >= 4 is 20.2 Å². The summed E-state index contributed by atoms with van der Waals surface area (Å²) in [5.41, 5.74) is 0. The fourth-order valence-electron chi connectivity index (χ4n) is 0.856. The third-order valence-corrected chi connectivity index (χ3v) is 1.33. The molecule has 1 rings (SSSR count). The van der Waals surface area contributed by atoms with E-state index >= 15 is 0 Å². The Balaban J connectivity index is 2.17. The van der Waals surface area contributed by atoms with Crippen LogP contribution in [0, 0.1) is 6.32 Å². The molecule has 0 atom stereocenters. The van der Waals surface area contributed by atoms with Crippen molar-refractivity contribution in [2.75, 3.05) is 0 Å². The van der Waals surface area contributed by atoms with Gasteiger partial charge in [0.1, 0.15) is 0 Å². The van der Waals surface area contributed by atoms with Crippen LogP contribution in [-0.2, 0) is 0 Å². The summed E-state index contributed by atoms with van der Waals surface area (Å²) < 4.78 is 0. The van der Waals surface area contributed by atoms with E-state index < -0.39 is 0 Å². The molecule has 0 aliphatic carbocycles. The Bertz CT molecular complexity index is 68.6. The number of hydrogen-bond acceptors (Lipinski definition) is 0. The SMILES string of the molecule is [B-]1[CH+]CC[B-]=CCC1. The van der Waals surface area contributed by atoms with Crippen LogP contribution in [0.4, 0.5) is 0 Å². The van der Waals surface area contributed by atoms with Gasteiger partial charge in [-0.1, -0.05) is 0 Å². The lowest BCUT2D eigenvalue weighted by atomic mass is 9.64. The predicted molar refractivity (Wildman–Crippen MR) is 40.7 cm³/mol. The minimum absolute atomic E-state index is 1.23. The maximum absolute atomic E-state index is 2.27. The van der Waals surface area contributed by atoms with E-state index in [9.17, 15) is 0 Å². The third kappa shape index (κ3) is 2.25. The van der Waals surface area contributed by atoms with Crippen molar-refractivity contribution in [1.29, 1.82) is 0 Å². The van der Waals surface area contributed by atoms with Crippen molar-refractivity contribution in [3.8, 4) is 0 Å². The molecule has 1 aliphatic rings. The molecule has 0 aromatic heterocycles. The molecule has 0 aromatic rings. The Kier molecular flexibility index (Phi) is 2.86. The van der Waals surface area contributed by atoms with Gasteiger partial charge < -0.3 is 12.9 Å². The van der Waals surface area contributed by atoms with Crippen LogP contribution < -0.4 is 0 Å². The first-order valence-electron chi connectivity index (χ1n) is 3.30. The molecule has 8 heavy (non-hydrogen) atoms. The second-order valence-electron chi connectivity index (χ2n) is 2.10. The highest BCUT2D eigenvalue weighted by atomic mass is 13.8. The van der Waals surface area contributed by atoms with Gasteiger partial charge in [-0.05, 0) is 7.28 Å². The molecule has 41 valence electrons. The largest absolute Gasteiger partial charge is 0.339 e. The Morgan fingerprint density at radius 1 is 1.38 bits per heavy atom. The van der Waals surface area contributed by atoms with Gasteiger partial charge in [-0.15, -0.1) is 6.42 Å². The lowest BCUT2D eigenvalue weighted by Gasteiger charge is -2.10. The van der Waals surface area contributed by atoms with Crippen LogP contribution in [0.25, 0.3) is 0 Å². The van der Waals surface area contributed by atoms with Crippen molar-refractivity contribution < 1.29 is 0 Å². The van der Waals surface area contributed by atoms with E-state index in [2.05, 4.69) is 26.5 Å². The summed E-state index contributed by atoms with van der Waals surface area (Å²) >= 11 is 0. The van der Waals surface area contributed by atoms with Crippen LogP contribution in [0.2, 0.25) is 12.6 Å². The summed E-state index contributed by atoms with van der Waals surface area (Å²) in [4.78, 5) is 0. The third-order valence-electron chi connectivity index (χ3n) is 1.33. The van der Waals surface area contributed by atoms with Gasteiger partial charge in [0.05, 0.1) is 0 Å². The fraction of sp³-hybridized carbons (Fsp3) is 0.667. The van der Waals surface area contributed by atoms with Gasteiger partial charge >= 0.3 is 0 Å². The lowest BCUT2D eigenvalue weighted by molar-refractivity contribution is 1.15. The molecule has 0 saturated heterocycles. The van der Waals surface area contributed by atoms with Crippen molar-refractivity contribution in [2.45, 2.75) is 25.5 Å². The molecular formula is C6H10B2-. The Morgan fingerprint density at radius 3 is 3.38 bits per heavy atom. The molecule has 0 saturated carbocycles. The van der Waals surface area contributed by atoms with Gasteiger partial charge in [0, 0.05) is 6.42 Å². The second kappa shape index (κ2) is 3.82. The van der Waals surface area contributed by atoms with Crippen LogP contribution in [0.1, 0.15) is 12.8 Å². The van der Waals surface area contributed by atoms with Gasteiger partial charge in [-0.2, -0.15) is 19.0 Å². The maximum Gasteiger partial charge on any atom is 0.0000595 e. The zero-order valence-electron chi connectivity index (χ0n) is 5.14. The zero-order valence-corrected chi connectivity index (χ0v) is 5.14. The van der Waals surface area contributed by atoms with E-state index in [4.69, 9.17) is 0 Å². The van der Waals surface area contributed by atoms with Crippen molar-refractivity contribution in [3.05, 3.63) is 6.32 Å². The highest BCUT2D eigenvalue weighted by Gasteiger charge is 1.81. The standard InChI is InChI=1S/C6H10B2/c1-3-7-5-2-6-8-4-1/h3,6H,1-2,4-5H2/q-1. The molecule has 1 heterocycles. The van der Waals surface area contributed by atoms with Gasteiger partial charge in [0.2, 0.25) is 0 Å². The molecule has 0 bridgehead atoms. The Morgan fingerprint density at radius 2 is 2.38 bits per heavy atom. The van der Waals surface area contributed by atoms with Crippen LogP contribution in [0.5, 0.6) is 0 Å². The van der Waals surface area contributed by atoms with Crippen LogP contribution in [0.3, 0.4) is 0 Å². The van der Waals surface area contributed by atoms with Crippen molar-refractivity contribution in [2.24, 2.45) is 0 Å². The number of hydrogen-bond donors (Lipinski definition) is 0. The molecule has 0 unspecified atom stereocenters. The molecule has 3 radical (unpaired) electrons. The molecule has 0 spiro atoms. The van der Waals surface area contributed by atoms with Gasteiger partial charge in [-0.25, -0.2) is 0 Å². The molecule has 0 amide bonds. The summed E-state index contributed by atoms with van der Waals surface area (Å²) in [6.07, 6.45) is 7.20. The van der Waals surface area contributed by atoms with E-state index in [0.29, 0.717) is 0 Å². The first-order chi connectivity index (χ1) is 4.00. The summed E-state index contributed by atoms with van der Waals surface area (Å²) in [5, 5.41) is 0. The highest BCUT2D eigenvalue weighted by Crippen LogP contribution is 1.97. The van der Waals surface area contributed by atoms with Crippen LogP contribution in [0.15, 0.2) is 0 Å². The van der Waals surface area contributed by atoms with Gasteiger partial charge in [0.15, 0.2) is 0 Å². The number of rotatable bonds is 0. The zero-order chi connectivity index (χ0) is 5.66. The smallest absolute Gasteiger partial charge is 0.0000595 e. The average Bonchev–Trinajstić information content (AvgIpc) is 1.62. The van der Waals surface area contributed by atoms with Gasteiger partial charge in [0.25, 0.3) is 0 Å². The minimum atomic E-state index is 1.23. The van der Waals surface area contributed by atoms with Crippen LogP contribution >= 0.6 is 0 Å². The first-order valence-corrected chi connectivity index (χ1v) is 3.30. The first kappa shape index (κ1) is 6.00. The predicted octanol–water partition coefficient (Wildman–Crippen LogP) is 0.989. The summed E-state index contributed by atoms with van der Waals surface area (Å²) in [5.74, 6) is 2.27. The van der Waals surface area contributed by atoms with Crippen LogP contribution in [-0.4, -0.2) is 20.2 Å². The second-order valence-corrected chi connectivity index (χ2v) is 2.10. The van der Waals surface area contributed by atoms with E-state index in [1.807, 2.05) is 0 Å². The molecule has 0 nitrogen and oxygen atoms in total. The Labute approximate surface area is 52.8 Å². The summed E-state index contributed by atoms with van der Waals surface area (Å²) in [7, 11) is 2.27. The van der Waals surface area contributed by atoms with E-state index in [0.717, 1.165) is 0 Å². The lowest BCUT2D eigenvalue weighted by Crippen LogP contribution is -1.98. The topological polar surface area (TPSA) is 0 Å². The van der Waals surface area contributed by atoms with Gasteiger partial charge in [-0.3, -0.25) is 0 Å².